The average molecular weight is 704 g/mol. The Morgan fingerprint density at radius 1 is 0.731 bits per heavy atom. The number of aromatic amines is 2. The summed E-state index contributed by atoms with van der Waals surface area (Å²) in [4.78, 5) is 45.7. The number of hydrogen-bond donors (Lipinski definition) is 3. The normalized spacial score (nSPS) is 19.4. The number of carbonyl (C=O) groups is 2. The summed E-state index contributed by atoms with van der Waals surface area (Å²) in [6.45, 7) is 13.0. The molecule has 11 nitrogen and oxygen atoms in total. The quantitative estimate of drug-likeness (QED) is 0.161. The predicted molar refractivity (Wildman–Crippen MR) is 202 cm³/mol. The maximum Gasteiger partial charge on any atom is 0.410 e. The summed E-state index contributed by atoms with van der Waals surface area (Å²) in [6, 6.07) is 21.0. The molecule has 2 amide bonds. The maximum absolute atomic E-state index is 13.0. The van der Waals surface area contributed by atoms with Gasteiger partial charge in [0.2, 0.25) is 0 Å². The van der Waals surface area contributed by atoms with Crippen LogP contribution in [0.2, 0.25) is 0 Å². The number of nitrogens with one attached hydrogen (secondary N) is 2. The molecule has 0 saturated carbocycles. The van der Waals surface area contributed by atoms with Crippen LogP contribution in [0.25, 0.3) is 44.4 Å². The van der Waals surface area contributed by atoms with Gasteiger partial charge < -0.3 is 25.2 Å². The van der Waals surface area contributed by atoms with Gasteiger partial charge in [-0.25, -0.2) is 19.6 Å². The Hall–Kier alpha value is -5.16. The van der Waals surface area contributed by atoms with E-state index in [-0.39, 0.29) is 30.2 Å². The Morgan fingerprint density at radius 2 is 1.25 bits per heavy atom. The lowest BCUT2D eigenvalue weighted by molar-refractivity contribution is 0.0206. The third kappa shape index (κ3) is 7.55. The van der Waals surface area contributed by atoms with Crippen LogP contribution in [-0.4, -0.2) is 72.8 Å². The summed E-state index contributed by atoms with van der Waals surface area (Å²) in [5, 5.41) is 2.26. The van der Waals surface area contributed by atoms with Crippen LogP contribution in [0.1, 0.15) is 84.5 Å². The van der Waals surface area contributed by atoms with Crippen molar-refractivity contribution >= 4 is 23.0 Å². The standard InChI is InChI=1S/C41H49N7O4/c1-40(2,3)51-38(49)47-17-7-8-34(47)36-43-23-33(46-36)31-16-15-29-19-28(13-14-30(29)20-31)26-9-11-27(12-10-26)32-22-44-37(45-32)35-18-25(21-42)24-48(35)39(50)52-41(4,5)6/h9-16,19-20,22-23,25,34-35H,7-8,17-18,21,24,42H2,1-6H3,(H,43,46)(H,44,45). The third-order valence-corrected chi connectivity index (χ3v) is 9.73. The molecule has 52 heavy (non-hydrogen) atoms. The topological polar surface area (TPSA) is 142 Å². The van der Waals surface area contributed by atoms with Crippen LogP contribution in [0.15, 0.2) is 73.1 Å². The Morgan fingerprint density at radius 3 is 1.87 bits per heavy atom. The highest BCUT2D eigenvalue weighted by Gasteiger charge is 2.39. The predicted octanol–water partition coefficient (Wildman–Crippen LogP) is 8.62. The van der Waals surface area contributed by atoms with Gasteiger partial charge in [0, 0.05) is 18.7 Å². The Labute approximate surface area is 304 Å². The summed E-state index contributed by atoms with van der Waals surface area (Å²) in [7, 11) is 0. The van der Waals surface area contributed by atoms with Crippen molar-refractivity contribution in [2.24, 2.45) is 11.7 Å². The molecule has 0 aliphatic carbocycles. The van der Waals surface area contributed by atoms with Crippen LogP contribution in [-0.2, 0) is 9.47 Å². The fraction of sp³-hybridized carbons (Fsp3) is 0.415. The number of fused-ring (bicyclic) bond motifs is 1. The van der Waals surface area contributed by atoms with Gasteiger partial charge in [0.25, 0.3) is 0 Å². The number of rotatable bonds is 6. The van der Waals surface area contributed by atoms with E-state index in [1.54, 1.807) is 9.80 Å². The lowest BCUT2D eigenvalue weighted by Crippen LogP contribution is -2.37. The number of carbonyl (C=O) groups excluding carboxylic acids is 2. The molecule has 2 aromatic heterocycles. The molecule has 4 heterocycles. The average Bonchev–Trinajstić information content (AvgIpc) is 3.92. The van der Waals surface area contributed by atoms with Crippen molar-refractivity contribution in [1.82, 2.24) is 29.7 Å². The minimum absolute atomic E-state index is 0.126. The molecule has 3 atom stereocenters. The minimum atomic E-state index is -0.582. The number of hydrogen-bond acceptors (Lipinski definition) is 7. The summed E-state index contributed by atoms with van der Waals surface area (Å²) >= 11 is 0. The SMILES string of the molecule is CC(C)(C)OC(=O)N1CCCC1c1ncc(-c2ccc3cc(-c4ccc(-c5cnc(C6CC(CN)CN6C(=O)OC(C)(C)C)[nH]5)cc4)ccc3c2)[nH]1. The zero-order valence-corrected chi connectivity index (χ0v) is 30.9. The number of benzene rings is 3. The van der Waals surface area contributed by atoms with Crippen molar-refractivity contribution in [2.75, 3.05) is 19.6 Å². The number of imidazole rings is 2. The molecule has 0 bridgehead atoms. The molecular formula is C41H49N7O4. The van der Waals surface area contributed by atoms with Crippen LogP contribution in [0.4, 0.5) is 9.59 Å². The molecule has 2 aliphatic rings. The van der Waals surface area contributed by atoms with E-state index < -0.39 is 11.2 Å². The minimum Gasteiger partial charge on any atom is -0.444 e. The number of amides is 2. The summed E-state index contributed by atoms with van der Waals surface area (Å²) < 4.78 is 11.3. The molecule has 5 aromatic rings. The molecule has 7 rings (SSSR count). The van der Waals surface area contributed by atoms with E-state index in [9.17, 15) is 9.59 Å². The second-order valence-corrected chi connectivity index (χ2v) is 16.0. The van der Waals surface area contributed by atoms with Gasteiger partial charge in [-0.1, -0.05) is 48.5 Å². The van der Waals surface area contributed by atoms with Crippen molar-refractivity contribution in [1.29, 1.82) is 0 Å². The highest BCUT2D eigenvalue weighted by atomic mass is 16.6. The van der Waals surface area contributed by atoms with Crippen LogP contribution < -0.4 is 5.73 Å². The first-order valence-corrected chi connectivity index (χ1v) is 18.2. The van der Waals surface area contributed by atoms with E-state index in [1.807, 2.05) is 53.9 Å². The molecule has 2 saturated heterocycles. The van der Waals surface area contributed by atoms with Gasteiger partial charge in [-0.3, -0.25) is 9.80 Å². The number of ether oxygens (including phenoxy) is 2. The van der Waals surface area contributed by atoms with Crippen molar-refractivity contribution in [3.8, 4) is 33.6 Å². The van der Waals surface area contributed by atoms with E-state index in [4.69, 9.17) is 15.2 Å². The molecule has 0 radical (unpaired) electrons. The second kappa shape index (κ2) is 13.8. The smallest absolute Gasteiger partial charge is 0.410 e. The first kappa shape index (κ1) is 35.3. The molecule has 4 N–H and O–H groups in total. The van der Waals surface area contributed by atoms with Gasteiger partial charge in [-0.05, 0) is 113 Å². The fourth-order valence-corrected chi connectivity index (χ4v) is 7.21. The Bertz CT molecular complexity index is 2070. The molecule has 3 aromatic carbocycles. The maximum atomic E-state index is 13.0. The highest BCUT2D eigenvalue weighted by molar-refractivity contribution is 5.90. The molecule has 0 spiro atoms. The van der Waals surface area contributed by atoms with E-state index in [0.29, 0.717) is 19.6 Å². The molecule has 272 valence electrons. The van der Waals surface area contributed by atoms with Gasteiger partial charge in [-0.15, -0.1) is 0 Å². The zero-order valence-electron chi connectivity index (χ0n) is 30.9. The van der Waals surface area contributed by atoms with Gasteiger partial charge in [0.1, 0.15) is 22.9 Å². The van der Waals surface area contributed by atoms with E-state index in [2.05, 4.69) is 80.6 Å². The highest BCUT2D eigenvalue weighted by Crippen LogP contribution is 2.37. The largest absolute Gasteiger partial charge is 0.444 e. The Kier molecular flexibility index (Phi) is 9.33. The third-order valence-electron chi connectivity index (χ3n) is 9.73. The number of likely N-dealkylation sites (tertiary alicyclic amines) is 2. The Balaban J connectivity index is 1.04. The van der Waals surface area contributed by atoms with Crippen LogP contribution in [0.3, 0.4) is 0 Å². The van der Waals surface area contributed by atoms with E-state index in [1.165, 1.54) is 0 Å². The number of nitrogens with zero attached hydrogens (tertiary/aromatic N) is 4. The lowest BCUT2D eigenvalue weighted by Gasteiger charge is -2.27. The molecule has 2 fully saturated rings. The fourth-order valence-electron chi connectivity index (χ4n) is 7.21. The van der Waals surface area contributed by atoms with Crippen molar-refractivity contribution in [3.05, 3.63) is 84.7 Å². The monoisotopic (exact) mass is 703 g/mol. The zero-order chi connectivity index (χ0) is 36.8. The van der Waals surface area contributed by atoms with Crippen molar-refractivity contribution in [3.63, 3.8) is 0 Å². The van der Waals surface area contributed by atoms with Gasteiger partial charge >= 0.3 is 12.2 Å². The molecule has 3 unspecified atom stereocenters. The molecule has 2 aliphatic heterocycles. The van der Waals surface area contributed by atoms with Gasteiger partial charge in [0.15, 0.2) is 0 Å². The summed E-state index contributed by atoms with van der Waals surface area (Å²) in [5.41, 5.74) is 11.0. The first-order valence-electron chi connectivity index (χ1n) is 18.2. The van der Waals surface area contributed by atoms with Gasteiger partial charge in [-0.2, -0.15) is 0 Å². The second-order valence-electron chi connectivity index (χ2n) is 16.0. The molecular weight excluding hydrogens is 654 g/mol. The van der Waals surface area contributed by atoms with Crippen LogP contribution >= 0.6 is 0 Å². The first-order chi connectivity index (χ1) is 24.7. The van der Waals surface area contributed by atoms with E-state index >= 15 is 0 Å². The van der Waals surface area contributed by atoms with Crippen LogP contribution in [0, 0.1) is 5.92 Å². The van der Waals surface area contributed by atoms with Crippen molar-refractivity contribution < 1.29 is 19.1 Å². The number of aromatic nitrogens is 4. The summed E-state index contributed by atoms with van der Waals surface area (Å²) in [6.07, 6.45) is 5.54. The number of H-pyrrole nitrogens is 2. The summed E-state index contributed by atoms with van der Waals surface area (Å²) in [5.74, 6) is 1.71. The van der Waals surface area contributed by atoms with Gasteiger partial charge in [0.05, 0.1) is 35.9 Å². The van der Waals surface area contributed by atoms with E-state index in [0.717, 1.165) is 75.3 Å². The van der Waals surface area contributed by atoms with Crippen molar-refractivity contribution in [2.45, 2.75) is 84.1 Å². The van der Waals surface area contributed by atoms with Crippen LogP contribution in [0.5, 0.6) is 0 Å². The molecule has 11 heteroatoms. The number of nitrogens with two attached hydrogens (primary N) is 1. The lowest BCUT2D eigenvalue weighted by atomic mass is 9.98.